The fourth-order valence-electron chi connectivity index (χ4n) is 1.74. The number of thiophene rings is 1. The first-order valence-corrected chi connectivity index (χ1v) is 7.47. The summed E-state index contributed by atoms with van der Waals surface area (Å²) in [6, 6.07) is 6.77. The van der Waals surface area contributed by atoms with Crippen LogP contribution in [-0.4, -0.2) is 10.0 Å². The van der Waals surface area contributed by atoms with Crippen molar-refractivity contribution in [3.63, 3.8) is 0 Å². The van der Waals surface area contributed by atoms with E-state index in [4.69, 9.17) is 4.74 Å². The Labute approximate surface area is 128 Å². The van der Waals surface area contributed by atoms with Crippen molar-refractivity contribution < 1.29 is 14.8 Å². The molecule has 1 N–H and O–H groups in total. The molecule has 5 nitrogen and oxygen atoms in total. The first-order chi connectivity index (χ1) is 9.49. The summed E-state index contributed by atoms with van der Waals surface area (Å²) in [5.74, 6) is 0.113. The highest BCUT2D eigenvalue weighted by molar-refractivity contribution is 9.10. The number of aliphatic hydroxyl groups excluding tert-OH is 1. The van der Waals surface area contributed by atoms with Crippen molar-refractivity contribution >= 4 is 33.0 Å². The number of nitrogens with zero attached hydrogens (tertiary/aromatic N) is 1. The maximum atomic E-state index is 11.1. The van der Waals surface area contributed by atoms with Crippen LogP contribution in [0.15, 0.2) is 34.1 Å². The smallest absolute Gasteiger partial charge is 0.312 e. The van der Waals surface area contributed by atoms with Gasteiger partial charge in [0.05, 0.1) is 11.0 Å². The van der Waals surface area contributed by atoms with E-state index in [0.29, 0.717) is 10.0 Å². The molecule has 7 heteroatoms. The number of nitro groups is 1. The van der Waals surface area contributed by atoms with Crippen LogP contribution in [0.25, 0.3) is 0 Å². The number of hydrogen-bond donors (Lipinski definition) is 1. The largest absolute Gasteiger partial charge is 0.481 e. The summed E-state index contributed by atoms with van der Waals surface area (Å²) in [5, 5.41) is 22.8. The molecule has 1 aromatic carbocycles. The molecule has 1 atom stereocenters. The Hall–Kier alpha value is -1.44. The van der Waals surface area contributed by atoms with Gasteiger partial charge < -0.3 is 9.84 Å². The van der Waals surface area contributed by atoms with E-state index in [9.17, 15) is 15.2 Å². The molecule has 0 saturated heterocycles. The van der Waals surface area contributed by atoms with E-state index in [0.717, 1.165) is 4.88 Å². The van der Waals surface area contributed by atoms with Gasteiger partial charge in [0.15, 0.2) is 0 Å². The minimum absolute atomic E-state index is 0.113. The third-order valence-electron chi connectivity index (χ3n) is 2.65. The van der Waals surface area contributed by atoms with Crippen molar-refractivity contribution in [2.75, 3.05) is 0 Å². The number of nitro benzene ring substituents is 1. The van der Waals surface area contributed by atoms with E-state index in [1.807, 2.05) is 17.5 Å². The monoisotopic (exact) mass is 357 g/mol. The molecule has 0 spiro atoms. The molecule has 2 aromatic rings. The van der Waals surface area contributed by atoms with Crippen molar-refractivity contribution in [1.82, 2.24) is 0 Å². The van der Waals surface area contributed by atoms with Gasteiger partial charge in [-0.15, -0.1) is 11.3 Å². The lowest BCUT2D eigenvalue weighted by Gasteiger charge is -2.13. The van der Waals surface area contributed by atoms with Gasteiger partial charge >= 0.3 is 5.69 Å². The summed E-state index contributed by atoms with van der Waals surface area (Å²) in [6.45, 7) is 1.78. The zero-order valence-corrected chi connectivity index (χ0v) is 13.0. The molecule has 0 saturated carbocycles. The maximum absolute atomic E-state index is 11.1. The number of halogens is 1. The van der Waals surface area contributed by atoms with Crippen LogP contribution < -0.4 is 4.74 Å². The first kappa shape index (κ1) is 15.0. The van der Waals surface area contributed by atoms with Crippen molar-refractivity contribution in [3.05, 3.63) is 54.7 Å². The topological polar surface area (TPSA) is 72.6 Å². The lowest BCUT2D eigenvalue weighted by atomic mass is 10.1. The molecule has 0 amide bonds. The van der Waals surface area contributed by atoms with Gasteiger partial charge in [0, 0.05) is 21.0 Å². The molecule has 0 aliphatic carbocycles. The Morgan fingerprint density at radius 2 is 2.30 bits per heavy atom. The summed E-state index contributed by atoms with van der Waals surface area (Å²) in [5.41, 5.74) is 0.231. The second kappa shape index (κ2) is 6.34. The normalized spacial score (nSPS) is 12.2. The number of hydrogen-bond acceptors (Lipinski definition) is 5. The number of benzene rings is 1. The number of aliphatic hydroxyl groups is 1. The van der Waals surface area contributed by atoms with E-state index in [2.05, 4.69) is 15.9 Å². The van der Waals surface area contributed by atoms with Gasteiger partial charge in [-0.2, -0.15) is 0 Å². The standard InChI is InChI=1S/C13H12BrNO4S/c1-8(16)11-5-9(14)6-12(15(17)18)13(11)19-7-10-3-2-4-20-10/h2-6,8,16H,7H2,1H3. The highest BCUT2D eigenvalue weighted by Crippen LogP contribution is 2.38. The van der Waals surface area contributed by atoms with Crippen LogP contribution in [-0.2, 0) is 6.61 Å². The lowest BCUT2D eigenvalue weighted by molar-refractivity contribution is -0.386. The Balaban J connectivity index is 2.39. The molecule has 20 heavy (non-hydrogen) atoms. The van der Waals surface area contributed by atoms with Gasteiger partial charge in [0.25, 0.3) is 0 Å². The summed E-state index contributed by atoms with van der Waals surface area (Å²) < 4.78 is 6.11. The molecule has 0 bridgehead atoms. The Morgan fingerprint density at radius 1 is 1.55 bits per heavy atom. The van der Waals surface area contributed by atoms with Gasteiger partial charge in [-0.05, 0) is 24.4 Å². The molecular weight excluding hydrogens is 346 g/mol. The number of ether oxygens (including phenoxy) is 1. The predicted molar refractivity (Wildman–Crippen MR) is 80.1 cm³/mol. The van der Waals surface area contributed by atoms with Gasteiger partial charge in [0.2, 0.25) is 5.75 Å². The molecule has 106 valence electrons. The SMILES string of the molecule is CC(O)c1cc(Br)cc([N+](=O)[O-])c1OCc1cccs1. The predicted octanol–water partition coefficient (Wildman–Crippen LogP) is 4.05. The molecule has 0 aliphatic rings. The maximum Gasteiger partial charge on any atom is 0.312 e. The average Bonchev–Trinajstić information content (AvgIpc) is 2.89. The molecular formula is C13H12BrNO4S. The summed E-state index contributed by atoms with van der Waals surface area (Å²) >= 11 is 4.71. The van der Waals surface area contributed by atoms with E-state index in [-0.39, 0.29) is 18.0 Å². The molecule has 1 heterocycles. The highest BCUT2D eigenvalue weighted by Gasteiger charge is 2.23. The van der Waals surface area contributed by atoms with Crippen LogP contribution >= 0.6 is 27.3 Å². The van der Waals surface area contributed by atoms with Gasteiger partial charge in [-0.3, -0.25) is 10.1 Å². The van der Waals surface area contributed by atoms with Crippen molar-refractivity contribution in [2.24, 2.45) is 0 Å². The molecule has 0 fully saturated rings. The van der Waals surface area contributed by atoms with Crippen LogP contribution in [0, 0.1) is 10.1 Å². The number of rotatable bonds is 5. The van der Waals surface area contributed by atoms with Gasteiger partial charge in [-0.25, -0.2) is 0 Å². The third kappa shape index (κ3) is 3.36. The zero-order valence-electron chi connectivity index (χ0n) is 10.6. The van der Waals surface area contributed by atoms with Crippen molar-refractivity contribution in [1.29, 1.82) is 0 Å². The lowest BCUT2D eigenvalue weighted by Crippen LogP contribution is -2.04. The summed E-state index contributed by atoms with van der Waals surface area (Å²) in [6.07, 6.45) is -0.857. The van der Waals surface area contributed by atoms with E-state index in [1.54, 1.807) is 13.0 Å². The minimum atomic E-state index is -0.857. The van der Waals surface area contributed by atoms with Crippen molar-refractivity contribution in [3.8, 4) is 5.75 Å². The third-order valence-corrected chi connectivity index (χ3v) is 3.96. The first-order valence-electron chi connectivity index (χ1n) is 5.80. The molecule has 1 unspecified atom stereocenters. The van der Waals surface area contributed by atoms with Crippen LogP contribution in [0.4, 0.5) is 5.69 Å². The molecule has 0 aliphatic heterocycles. The van der Waals surface area contributed by atoms with E-state index >= 15 is 0 Å². The fourth-order valence-corrected chi connectivity index (χ4v) is 2.82. The fraction of sp³-hybridized carbons (Fsp3) is 0.231. The van der Waals surface area contributed by atoms with E-state index < -0.39 is 11.0 Å². The average molecular weight is 358 g/mol. The second-order valence-corrected chi connectivity index (χ2v) is 6.09. The Kier molecular flexibility index (Phi) is 4.74. The molecule has 2 rings (SSSR count). The van der Waals surface area contributed by atoms with Crippen LogP contribution in [0.2, 0.25) is 0 Å². The summed E-state index contributed by atoms with van der Waals surface area (Å²) in [7, 11) is 0. The van der Waals surface area contributed by atoms with Crippen LogP contribution in [0.1, 0.15) is 23.5 Å². The van der Waals surface area contributed by atoms with Gasteiger partial charge in [0.1, 0.15) is 6.61 Å². The quantitative estimate of drug-likeness (QED) is 0.646. The van der Waals surface area contributed by atoms with Crippen LogP contribution in [0.3, 0.4) is 0 Å². The zero-order chi connectivity index (χ0) is 14.7. The Bertz CT molecular complexity index is 613. The molecule has 0 radical (unpaired) electrons. The van der Waals surface area contributed by atoms with Crippen molar-refractivity contribution in [2.45, 2.75) is 19.6 Å². The second-order valence-electron chi connectivity index (χ2n) is 4.14. The van der Waals surface area contributed by atoms with Crippen LogP contribution in [0.5, 0.6) is 5.75 Å². The molecule has 1 aromatic heterocycles. The van der Waals surface area contributed by atoms with Gasteiger partial charge in [-0.1, -0.05) is 22.0 Å². The van der Waals surface area contributed by atoms with E-state index in [1.165, 1.54) is 17.4 Å². The minimum Gasteiger partial charge on any atom is -0.481 e. The Morgan fingerprint density at radius 3 is 2.85 bits per heavy atom. The highest BCUT2D eigenvalue weighted by atomic mass is 79.9. The summed E-state index contributed by atoms with van der Waals surface area (Å²) in [4.78, 5) is 11.6.